The van der Waals surface area contributed by atoms with Crippen molar-refractivity contribution in [3.8, 4) is 0 Å². The van der Waals surface area contributed by atoms with Crippen LogP contribution < -0.4 is 5.32 Å². The minimum Gasteiger partial charge on any atom is -0.396 e. The smallest absolute Gasteiger partial charge is 0.0431 e. The van der Waals surface area contributed by atoms with Gasteiger partial charge in [0.25, 0.3) is 0 Å². The van der Waals surface area contributed by atoms with Gasteiger partial charge in [-0.05, 0) is 69.4 Å². The SMILES string of the molecule is OCCCC(C1CCNCC1)C1CC1. The predicted molar refractivity (Wildman–Crippen MR) is 58.1 cm³/mol. The van der Waals surface area contributed by atoms with E-state index < -0.39 is 0 Å². The molecule has 2 nitrogen and oxygen atoms in total. The molecule has 1 saturated carbocycles. The number of piperidine rings is 1. The summed E-state index contributed by atoms with van der Waals surface area (Å²) in [5, 5.41) is 12.3. The van der Waals surface area contributed by atoms with Crippen molar-refractivity contribution >= 4 is 0 Å². The minimum absolute atomic E-state index is 0.383. The molecule has 1 saturated heterocycles. The summed E-state index contributed by atoms with van der Waals surface area (Å²) >= 11 is 0. The maximum Gasteiger partial charge on any atom is 0.0431 e. The second kappa shape index (κ2) is 5.13. The van der Waals surface area contributed by atoms with Crippen molar-refractivity contribution in [2.24, 2.45) is 17.8 Å². The van der Waals surface area contributed by atoms with E-state index in [1.165, 1.54) is 45.2 Å². The molecule has 0 aromatic carbocycles. The fraction of sp³-hybridized carbons (Fsp3) is 1.00. The van der Waals surface area contributed by atoms with E-state index in [0.29, 0.717) is 6.61 Å². The molecule has 82 valence electrons. The van der Waals surface area contributed by atoms with Crippen LogP contribution in [0.3, 0.4) is 0 Å². The van der Waals surface area contributed by atoms with E-state index in [1.807, 2.05) is 0 Å². The number of nitrogens with one attached hydrogen (secondary N) is 1. The third-order valence-electron chi connectivity index (χ3n) is 3.91. The summed E-state index contributed by atoms with van der Waals surface area (Å²) in [5.41, 5.74) is 0. The number of rotatable bonds is 5. The molecular formula is C12H23NO. The number of hydrogen-bond donors (Lipinski definition) is 2. The molecule has 0 aromatic rings. The van der Waals surface area contributed by atoms with Crippen LogP contribution in [0.15, 0.2) is 0 Å². The second-order valence-corrected chi connectivity index (χ2v) is 4.95. The fourth-order valence-corrected chi connectivity index (χ4v) is 2.98. The maximum absolute atomic E-state index is 8.90. The van der Waals surface area contributed by atoms with Crippen LogP contribution >= 0.6 is 0 Å². The lowest BCUT2D eigenvalue weighted by atomic mass is 9.79. The van der Waals surface area contributed by atoms with E-state index in [0.717, 1.165) is 24.2 Å². The topological polar surface area (TPSA) is 32.3 Å². The van der Waals surface area contributed by atoms with E-state index in [9.17, 15) is 0 Å². The lowest BCUT2D eigenvalue weighted by molar-refractivity contribution is 0.197. The van der Waals surface area contributed by atoms with Crippen LogP contribution in [0.5, 0.6) is 0 Å². The first-order valence-corrected chi connectivity index (χ1v) is 6.23. The standard InChI is InChI=1S/C12H23NO/c14-9-1-2-12(10-3-4-10)11-5-7-13-8-6-11/h10-14H,1-9H2. The highest BCUT2D eigenvalue weighted by Gasteiger charge is 2.36. The highest BCUT2D eigenvalue weighted by Crippen LogP contribution is 2.45. The lowest BCUT2D eigenvalue weighted by Gasteiger charge is -2.30. The van der Waals surface area contributed by atoms with Gasteiger partial charge in [0, 0.05) is 6.61 Å². The van der Waals surface area contributed by atoms with Crippen LogP contribution in [-0.4, -0.2) is 24.8 Å². The molecule has 2 fully saturated rings. The van der Waals surface area contributed by atoms with Crippen LogP contribution in [0, 0.1) is 17.8 Å². The monoisotopic (exact) mass is 197 g/mol. The van der Waals surface area contributed by atoms with Gasteiger partial charge in [0.1, 0.15) is 0 Å². The molecule has 2 rings (SSSR count). The van der Waals surface area contributed by atoms with Gasteiger partial charge in [-0.2, -0.15) is 0 Å². The Hall–Kier alpha value is -0.0800. The summed E-state index contributed by atoms with van der Waals surface area (Å²) in [6.45, 7) is 2.81. The lowest BCUT2D eigenvalue weighted by Crippen LogP contribution is -2.32. The highest BCUT2D eigenvalue weighted by molar-refractivity contribution is 4.87. The molecule has 0 aromatic heterocycles. The summed E-state index contributed by atoms with van der Waals surface area (Å²) in [7, 11) is 0. The first-order chi connectivity index (χ1) is 6.92. The van der Waals surface area contributed by atoms with E-state index in [2.05, 4.69) is 5.32 Å². The van der Waals surface area contributed by atoms with Crippen molar-refractivity contribution in [2.45, 2.75) is 38.5 Å². The molecule has 0 amide bonds. The zero-order chi connectivity index (χ0) is 9.80. The Morgan fingerprint density at radius 2 is 1.71 bits per heavy atom. The van der Waals surface area contributed by atoms with Crippen molar-refractivity contribution in [1.29, 1.82) is 0 Å². The van der Waals surface area contributed by atoms with Crippen molar-refractivity contribution in [3.05, 3.63) is 0 Å². The third kappa shape index (κ3) is 2.71. The summed E-state index contributed by atoms with van der Waals surface area (Å²) in [4.78, 5) is 0. The third-order valence-corrected chi connectivity index (χ3v) is 3.91. The zero-order valence-corrected chi connectivity index (χ0v) is 9.04. The highest BCUT2D eigenvalue weighted by atomic mass is 16.2. The number of aliphatic hydroxyl groups excluding tert-OH is 1. The molecule has 2 N–H and O–H groups in total. The summed E-state index contributed by atoms with van der Waals surface area (Å²) in [5.74, 6) is 2.91. The summed E-state index contributed by atoms with van der Waals surface area (Å²) in [6, 6.07) is 0. The van der Waals surface area contributed by atoms with Crippen LogP contribution in [0.2, 0.25) is 0 Å². The molecule has 14 heavy (non-hydrogen) atoms. The number of hydrogen-bond acceptors (Lipinski definition) is 2. The van der Waals surface area contributed by atoms with Gasteiger partial charge in [-0.1, -0.05) is 0 Å². The molecule has 1 atom stereocenters. The summed E-state index contributed by atoms with van der Waals surface area (Å²) in [6.07, 6.45) is 7.94. The van der Waals surface area contributed by atoms with Crippen LogP contribution in [0.1, 0.15) is 38.5 Å². The molecule has 2 heteroatoms. The van der Waals surface area contributed by atoms with Crippen LogP contribution in [0.4, 0.5) is 0 Å². The van der Waals surface area contributed by atoms with Crippen molar-refractivity contribution in [2.75, 3.05) is 19.7 Å². The van der Waals surface area contributed by atoms with E-state index in [4.69, 9.17) is 5.11 Å². The maximum atomic E-state index is 8.90. The molecule has 2 aliphatic rings. The van der Waals surface area contributed by atoms with Crippen molar-refractivity contribution < 1.29 is 5.11 Å². The Kier molecular flexibility index (Phi) is 3.82. The fourth-order valence-electron chi connectivity index (χ4n) is 2.98. The Morgan fingerprint density at radius 3 is 2.29 bits per heavy atom. The molecule has 1 aliphatic carbocycles. The Labute approximate surface area is 87.1 Å². The normalized spacial score (nSPS) is 26.4. The number of aliphatic hydroxyl groups is 1. The average molecular weight is 197 g/mol. The second-order valence-electron chi connectivity index (χ2n) is 4.95. The molecule has 0 radical (unpaired) electrons. The Bertz CT molecular complexity index is 162. The molecular weight excluding hydrogens is 174 g/mol. The molecule has 1 unspecified atom stereocenters. The van der Waals surface area contributed by atoms with Crippen LogP contribution in [0.25, 0.3) is 0 Å². The Balaban J connectivity index is 1.81. The van der Waals surface area contributed by atoms with Gasteiger partial charge in [0.05, 0.1) is 0 Å². The Morgan fingerprint density at radius 1 is 1.07 bits per heavy atom. The molecule has 0 bridgehead atoms. The molecule has 1 heterocycles. The van der Waals surface area contributed by atoms with E-state index in [1.54, 1.807) is 0 Å². The van der Waals surface area contributed by atoms with E-state index >= 15 is 0 Å². The van der Waals surface area contributed by atoms with Gasteiger partial charge in [0.2, 0.25) is 0 Å². The first kappa shape index (κ1) is 10.4. The van der Waals surface area contributed by atoms with Gasteiger partial charge in [0.15, 0.2) is 0 Å². The van der Waals surface area contributed by atoms with E-state index in [-0.39, 0.29) is 0 Å². The molecule has 1 aliphatic heterocycles. The minimum atomic E-state index is 0.383. The quantitative estimate of drug-likeness (QED) is 0.704. The van der Waals surface area contributed by atoms with Gasteiger partial charge in [-0.3, -0.25) is 0 Å². The first-order valence-electron chi connectivity index (χ1n) is 6.23. The van der Waals surface area contributed by atoms with Gasteiger partial charge >= 0.3 is 0 Å². The predicted octanol–water partition coefficient (Wildman–Crippen LogP) is 1.78. The summed E-state index contributed by atoms with van der Waals surface area (Å²) < 4.78 is 0. The average Bonchev–Trinajstić information content (AvgIpc) is 3.04. The van der Waals surface area contributed by atoms with Gasteiger partial charge < -0.3 is 10.4 Å². The van der Waals surface area contributed by atoms with Gasteiger partial charge in [-0.25, -0.2) is 0 Å². The van der Waals surface area contributed by atoms with Crippen molar-refractivity contribution in [1.82, 2.24) is 5.32 Å². The largest absolute Gasteiger partial charge is 0.396 e. The zero-order valence-electron chi connectivity index (χ0n) is 9.04. The van der Waals surface area contributed by atoms with Crippen molar-refractivity contribution in [3.63, 3.8) is 0 Å². The van der Waals surface area contributed by atoms with Gasteiger partial charge in [-0.15, -0.1) is 0 Å². The molecule has 0 spiro atoms. The van der Waals surface area contributed by atoms with Crippen LogP contribution in [-0.2, 0) is 0 Å².